The Morgan fingerprint density at radius 3 is 2.45 bits per heavy atom. The lowest BCUT2D eigenvalue weighted by Gasteiger charge is -2.28. The van der Waals surface area contributed by atoms with Gasteiger partial charge < -0.3 is 20.5 Å². The maximum atomic E-state index is 13.0. The summed E-state index contributed by atoms with van der Waals surface area (Å²) >= 11 is 0. The van der Waals surface area contributed by atoms with Gasteiger partial charge in [-0.15, -0.1) is 13.2 Å². The molecule has 1 fully saturated rings. The topological polar surface area (TPSA) is 105 Å². The number of hydrogen-bond acceptors (Lipinski definition) is 5. The van der Waals surface area contributed by atoms with Crippen LogP contribution in [0.25, 0.3) is 0 Å². The quantitative estimate of drug-likeness (QED) is 0.270. The van der Waals surface area contributed by atoms with Crippen LogP contribution in [0.2, 0.25) is 0 Å². The number of nitrogens with one attached hydrogen (secondary N) is 2. The second-order valence-corrected chi connectivity index (χ2v) is 8.53. The smallest absolute Gasteiger partial charge is 0.306 e. The van der Waals surface area contributed by atoms with E-state index in [9.17, 15) is 14.4 Å². The third-order valence-electron chi connectivity index (χ3n) is 5.62. The van der Waals surface area contributed by atoms with E-state index in [0.29, 0.717) is 18.8 Å². The van der Waals surface area contributed by atoms with Crippen LogP contribution in [0.5, 0.6) is 0 Å². The number of amides is 2. The summed E-state index contributed by atoms with van der Waals surface area (Å²) in [6.07, 6.45) is 11.1. The number of carbonyl (C=O) groups is 3. The van der Waals surface area contributed by atoms with Crippen LogP contribution in [-0.2, 0) is 19.1 Å². The van der Waals surface area contributed by atoms with E-state index in [1.54, 1.807) is 19.1 Å². The summed E-state index contributed by atoms with van der Waals surface area (Å²) in [6.45, 7) is 8.97. The van der Waals surface area contributed by atoms with Crippen molar-refractivity contribution in [2.24, 2.45) is 11.8 Å². The Labute approximate surface area is 186 Å². The molecule has 2 amide bonds. The van der Waals surface area contributed by atoms with Crippen molar-refractivity contribution >= 4 is 17.8 Å². The summed E-state index contributed by atoms with van der Waals surface area (Å²) in [5.41, 5.74) is 0. The Morgan fingerprint density at radius 2 is 1.84 bits per heavy atom. The summed E-state index contributed by atoms with van der Waals surface area (Å²) in [5.74, 6) is -0.896. The molecule has 0 aliphatic heterocycles. The minimum atomic E-state index is -0.561. The highest BCUT2D eigenvalue weighted by Gasteiger charge is 2.26. The lowest BCUT2D eigenvalue weighted by Crippen LogP contribution is -2.45. The second-order valence-electron chi connectivity index (χ2n) is 8.53. The third-order valence-corrected chi connectivity index (χ3v) is 5.62. The van der Waals surface area contributed by atoms with Gasteiger partial charge in [-0.2, -0.15) is 0 Å². The van der Waals surface area contributed by atoms with Crippen LogP contribution in [-0.4, -0.2) is 48.2 Å². The second kappa shape index (κ2) is 15.6. The highest BCUT2D eigenvalue weighted by Crippen LogP contribution is 2.27. The van der Waals surface area contributed by atoms with E-state index in [2.05, 4.69) is 23.8 Å². The molecule has 176 valence electrons. The first-order chi connectivity index (χ1) is 14.9. The van der Waals surface area contributed by atoms with Crippen molar-refractivity contribution in [3.8, 4) is 0 Å². The molecule has 3 atom stereocenters. The van der Waals surface area contributed by atoms with Gasteiger partial charge in [0.1, 0.15) is 6.61 Å². The van der Waals surface area contributed by atoms with Crippen molar-refractivity contribution in [2.75, 3.05) is 13.2 Å². The zero-order valence-corrected chi connectivity index (χ0v) is 18.9. The molecule has 31 heavy (non-hydrogen) atoms. The number of allylic oxidation sites excluding steroid dienone is 2. The Morgan fingerprint density at radius 1 is 1.13 bits per heavy atom. The van der Waals surface area contributed by atoms with E-state index < -0.39 is 5.92 Å². The predicted octanol–water partition coefficient (Wildman–Crippen LogP) is 3.03. The molecule has 0 heterocycles. The Bertz CT molecular complexity index is 587. The monoisotopic (exact) mass is 436 g/mol. The molecule has 0 aromatic rings. The van der Waals surface area contributed by atoms with E-state index in [1.807, 2.05) is 0 Å². The SMILES string of the molecule is C=CCCC(=O)OC[C@H](CC1CCCCC1)NC(=O)[C@H](CC=C)CC(=O)N[C@H](C)CO. The van der Waals surface area contributed by atoms with Crippen LogP contribution in [0.1, 0.15) is 71.1 Å². The molecule has 1 saturated carbocycles. The molecule has 7 heteroatoms. The molecule has 0 aromatic carbocycles. The van der Waals surface area contributed by atoms with Gasteiger partial charge in [-0.05, 0) is 32.1 Å². The first-order valence-electron chi connectivity index (χ1n) is 11.5. The molecule has 0 saturated heterocycles. The van der Waals surface area contributed by atoms with Gasteiger partial charge in [0.25, 0.3) is 0 Å². The number of hydrogen-bond donors (Lipinski definition) is 3. The largest absolute Gasteiger partial charge is 0.463 e. The molecule has 0 spiro atoms. The van der Waals surface area contributed by atoms with Gasteiger partial charge >= 0.3 is 5.97 Å². The van der Waals surface area contributed by atoms with Crippen molar-refractivity contribution in [3.63, 3.8) is 0 Å². The molecule has 0 aromatic heterocycles. The van der Waals surface area contributed by atoms with Crippen molar-refractivity contribution < 1.29 is 24.2 Å². The lowest BCUT2D eigenvalue weighted by molar-refractivity contribution is -0.145. The fraction of sp³-hybridized carbons (Fsp3) is 0.708. The fourth-order valence-electron chi connectivity index (χ4n) is 3.89. The van der Waals surface area contributed by atoms with E-state index in [4.69, 9.17) is 9.84 Å². The van der Waals surface area contributed by atoms with Gasteiger partial charge in [0.05, 0.1) is 18.6 Å². The molecule has 1 aliphatic rings. The van der Waals surface area contributed by atoms with Crippen molar-refractivity contribution in [2.45, 2.75) is 83.2 Å². The number of aliphatic hydroxyl groups is 1. The van der Waals surface area contributed by atoms with Gasteiger partial charge in [-0.1, -0.05) is 44.3 Å². The number of aliphatic hydroxyl groups excluding tert-OH is 1. The van der Waals surface area contributed by atoms with Gasteiger partial charge in [0.15, 0.2) is 0 Å². The number of esters is 1. The highest BCUT2D eigenvalue weighted by molar-refractivity contribution is 5.86. The van der Waals surface area contributed by atoms with Gasteiger partial charge in [0.2, 0.25) is 11.8 Å². The highest BCUT2D eigenvalue weighted by atomic mass is 16.5. The first-order valence-corrected chi connectivity index (χ1v) is 11.5. The summed E-state index contributed by atoms with van der Waals surface area (Å²) < 4.78 is 5.41. The molecular weight excluding hydrogens is 396 g/mol. The van der Waals surface area contributed by atoms with Crippen LogP contribution in [0.4, 0.5) is 0 Å². The van der Waals surface area contributed by atoms with Crippen molar-refractivity contribution in [1.82, 2.24) is 10.6 Å². The fourth-order valence-corrected chi connectivity index (χ4v) is 3.89. The molecule has 0 radical (unpaired) electrons. The molecular formula is C24H40N2O5. The molecule has 0 bridgehead atoms. The normalized spacial score (nSPS) is 17.1. The van der Waals surface area contributed by atoms with E-state index in [0.717, 1.165) is 19.3 Å². The molecule has 3 N–H and O–H groups in total. The maximum Gasteiger partial charge on any atom is 0.306 e. The van der Waals surface area contributed by atoms with E-state index in [-0.39, 0.29) is 55.9 Å². The minimum Gasteiger partial charge on any atom is -0.463 e. The Kier molecular flexibility index (Phi) is 13.5. The van der Waals surface area contributed by atoms with Crippen LogP contribution in [0, 0.1) is 11.8 Å². The summed E-state index contributed by atoms with van der Waals surface area (Å²) in [5, 5.41) is 14.8. The summed E-state index contributed by atoms with van der Waals surface area (Å²) in [7, 11) is 0. The van der Waals surface area contributed by atoms with E-state index >= 15 is 0 Å². The summed E-state index contributed by atoms with van der Waals surface area (Å²) in [6, 6.07) is -0.649. The van der Waals surface area contributed by atoms with Crippen LogP contribution < -0.4 is 10.6 Å². The van der Waals surface area contributed by atoms with Gasteiger partial charge in [-0.3, -0.25) is 14.4 Å². The van der Waals surface area contributed by atoms with Gasteiger partial charge in [0, 0.05) is 18.9 Å². The zero-order valence-electron chi connectivity index (χ0n) is 18.9. The Hall–Kier alpha value is -2.15. The Balaban J connectivity index is 2.72. The first kappa shape index (κ1) is 26.9. The average molecular weight is 437 g/mol. The number of ether oxygens (including phenoxy) is 1. The predicted molar refractivity (Wildman–Crippen MR) is 121 cm³/mol. The van der Waals surface area contributed by atoms with Crippen LogP contribution >= 0.6 is 0 Å². The molecule has 1 rings (SSSR count). The van der Waals surface area contributed by atoms with Crippen molar-refractivity contribution in [1.29, 1.82) is 0 Å². The van der Waals surface area contributed by atoms with Crippen LogP contribution in [0.15, 0.2) is 25.3 Å². The molecule has 1 aliphatic carbocycles. The number of carbonyl (C=O) groups excluding carboxylic acids is 3. The molecule has 0 unspecified atom stereocenters. The third kappa shape index (κ3) is 11.7. The average Bonchev–Trinajstić information content (AvgIpc) is 2.76. The number of rotatable bonds is 15. The van der Waals surface area contributed by atoms with E-state index in [1.165, 1.54) is 19.3 Å². The maximum absolute atomic E-state index is 13.0. The van der Waals surface area contributed by atoms with Gasteiger partial charge in [-0.25, -0.2) is 0 Å². The summed E-state index contributed by atoms with van der Waals surface area (Å²) in [4.78, 5) is 37.1. The molecule has 7 nitrogen and oxygen atoms in total. The van der Waals surface area contributed by atoms with Crippen LogP contribution in [0.3, 0.4) is 0 Å². The lowest BCUT2D eigenvalue weighted by atomic mass is 9.84. The standard InChI is InChI=1S/C24H40N2O5/c1-4-6-13-23(29)31-17-21(14-19-11-8-7-9-12-19)26-24(30)20(10-5-2)15-22(28)25-18(3)16-27/h4-5,18-21,27H,1-2,6-17H2,3H3,(H,25,28)(H,26,30)/t18-,20-,21+/m1/s1. The zero-order chi connectivity index (χ0) is 23.1. The van der Waals surface area contributed by atoms with Crippen molar-refractivity contribution in [3.05, 3.63) is 25.3 Å². The minimum absolute atomic E-state index is 0.0114.